The molecule has 0 unspecified atom stereocenters. The van der Waals surface area contributed by atoms with Gasteiger partial charge in [-0.25, -0.2) is 0 Å². The molecule has 11 rings (SSSR count). The first-order valence-electron chi connectivity index (χ1n) is 21.2. The Morgan fingerprint density at radius 3 is 1.23 bits per heavy atom. The van der Waals surface area contributed by atoms with Gasteiger partial charge in [-0.3, -0.25) is 0 Å². The van der Waals surface area contributed by atoms with E-state index in [0.29, 0.717) is 0 Å². The number of nitrogens with zero attached hydrogens (tertiary/aromatic N) is 1. The molecule has 0 aromatic heterocycles. The normalized spacial score (nSPS) is 11.4. The summed E-state index contributed by atoms with van der Waals surface area (Å²) in [7, 11) is 0. The molecule has 0 N–H and O–H groups in total. The lowest BCUT2D eigenvalue weighted by atomic mass is 9.82. The average Bonchev–Trinajstić information content (AvgIpc) is 3.31. The van der Waals surface area contributed by atoms with E-state index in [0.717, 1.165) is 17.1 Å². The Morgan fingerprint density at radius 1 is 0.262 bits per heavy atom. The summed E-state index contributed by atoms with van der Waals surface area (Å²) in [5, 5.41) is 9.98. The molecule has 11 aromatic rings. The molecule has 1 heteroatoms. The minimum absolute atomic E-state index is 1.12. The summed E-state index contributed by atoms with van der Waals surface area (Å²) in [4.78, 5) is 2.35. The predicted octanol–water partition coefficient (Wildman–Crippen LogP) is 17.1. The van der Waals surface area contributed by atoms with Gasteiger partial charge in [-0.2, -0.15) is 0 Å². The fourth-order valence-electron chi connectivity index (χ4n) is 9.62. The summed E-state index contributed by atoms with van der Waals surface area (Å²) in [6.07, 6.45) is 0. The first-order chi connectivity index (χ1) is 30.1. The molecule has 0 saturated carbocycles. The summed E-state index contributed by atoms with van der Waals surface area (Å²) >= 11 is 0. The van der Waals surface area contributed by atoms with Crippen molar-refractivity contribution in [3.63, 3.8) is 0 Å². The molecule has 1 nitrogen and oxygen atoms in total. The second kappa shape index (κ2) is 15.1. The largest absolute Gasteiger partial charge is 0.310 e. The Morgan fingerprint density at radius 2 is 0.705 bits per heavy atom. The highest BCUT2D eigenvalue weighted by atomic mass is 15.1. The van der Waals surface area contributed by atoms with Crippen molar-refractivity contribution in [1.29, 1.82) is 0 Å². The number of benzene rings is 11. The van der Waals surface area contributed by atoms with Crippen molar-refractivity contribution < 1.29 is 0 Å². The number of fused-ring (bicyclic) bond motifs is 4. The van der Waals surface area contributed by atoms with Crippen molar-refractivity contribution in [3.8, 4) is 44.5 Å². The molecule has 0 heterocycles. The van der Waals surface area contributed by atoms with Crippen LogP contribution in [0.15, 0.2) is 224 Å². The highest BCUT2D eigenvalue weighted by Crippen LogP contribution is 2.49. The van der Waals surface area contributed by atoms with Gasteiger partial charge in [-0.15, -0.1) is 0 Å². The molecule has 11 aromatic carbocycles. The van der Waals surface area contributed by atoms with E-state index >= 15 is 0 Å². The van der Waals surface area contributed by atoms with Crippen LogP contribution in [-0.4, -0.2) is 0 Å². The van der Waals surface area contributed by atoms with Crippen molar-refractivity contribution in [2.75, 3.05) is 4.90 Å². The summed E-state index contributed by atoms with van der Waals surface area (Å²) in [6, 6.07) is 82.4. The third-order valence-corrected chi connectivity index (χ3v) is 12.5. The van der Waals surface area contributed by atoms with E-state index in [1.807, 2.05) is 0 Å². The van der Waals surface area contributed by atoms with E-state index < -0.39 is 0 Å². The molecule has 288 valence electrons. The van der Waals surface area contributed by atoms with E-state index in [2.05, 4.69) is 243 Å². The van der Waals surface area contributed by atoms with Crippen LogP contribution in [-0.2, 0) is 0 Å². The van der Waals surface area contributed by atoms with Crippen molar-refractivity contribution in [2.45, 2.75) is 13.8 Å². The summed E-state index contributed by atoms with van der Waals surface area (Å²) < 4.78 is 0. The van der Waals surface area contributed by atoms with Gasteiger partial charge in [0.05, 0.1) is 0 Å². The first-order valence-corrected chi connectivity index (χ1v) is 21.2. The standard InChI is InChI=1S/C60H43N/c1-40-17-9-12-26-49(40)59-55-34-31-45(54-30-16-21-43-19-11-14-28-52(43)54)39-58(55)60(56-35-32-44(38-57(56)59)53-29-15-20-42-18-10-13-27-51(42)53)50-36-33-48(37-41(50)2)61(46-22-5-3-6-23-46)47-24-7-4-8-25-47/h3-39H,1-2H3. The Bertz CT molecular complexity index is 3390. The van der Waals surface area contributed by atoms with Crippen LogP contribution < -0.4 is 4.90 Å². The van der Waals surface area contributed by atoms with Gasteiger partial charge in [0.15, 0.2) is 0 Å². The van der Waals surface area contributed by atoms with Gasteiger partial charge >= 0.3 is 0 Å². The maximum atomic E-state index is 2.46. The molecule has 0 radical (unpaired) electrons. The zero-order chi connectivity index (χ0) is 40.9. The molecule has 0 spiro atoms. The Hall–Kier alpha value is -7.74. The third-order valence-electron chi connectivity index (χ3n) is 12.5. The molecule has 0 aliphatic heterocycles. The van der Waals surface area contributed by atoms with Crippen LogP contribution in [0.3, 0.4) is 0 Å². The summed E-state index contributed by atoms with van der Waals surface area (Å²) in [6.45, 7) is 4.52. The minimum atomic E-state index is 1.12. The second-order valence-corrected chi connectivity index (χ2v) is 16.1. The zero-order valence-corrected chi connectivity index (χ0v) is 34.3. The van der Waals surface area contributed by atoms with Crippen LogP contribution >= 0.6 is 0 Å². The van der Waals surface area contributed by atoms with Gasteiger partial charge in [0.1, 0.15) is 0 Å². The molecular weight excluding hydrogens is 735 g/mol. The van der Waals surface area contributed by atoms with Gasteiger partial charge in [0.25, 0.3) is 0 Å². The Labute approximate surface area is 357 Å². The van der Waals surface area contributed by atoms with Crippen molar-refractivity contribution in [3.05, 3.63) is 236 Å². The maximum Gasteiger partial charge on any atom is 0.0464 e. The van der Waals surface area contributed by atoms with Crippen LogP contribution in [0.1, 0.15) is 11.1 Å². The minimum Gasteiger partial charge on any atom is -0.310 e. The second-order valence-electron chi connectivity index (χ2n) is 16.1. The van der Waals surface area contributed by atoms with Gasteiger partial charge in [0, 0.05) is 17.1 Å². The van der Waals surface area contributed by atoms with Crippen molar-refractivity contribution in [2.24, 2.45) is 0 Å². The quantitative estimate of drug-likeness (QED) is 0.146. The number of hydrogen-bond acceptors (Lipinski definition) is 1. The van der Waals surface area contributed by atoms with E-state index in [1.54, 1.807) is 0 Å². The van der Waals surface area contributed by atoms with Gasteiger partial charge in [-0.1, -0.05) is 176 Å². The lowest BCUT2D eigenvalue weighted by molar-refractivity contribution is 1.27. The summed E-state index contributed by atoms with van der Waals surface area (Å²) in [5.74, 6) is 0. The molecule has 0 fully saturated rings. The van der Waals surface area contributed by atoms with Crippen molar-refractivity contribution >= 4 is 60.2 Å². The SMILES string of the molecule is Cc1ccccc1-c1c2ccc(-c3cccc4ccccc34)cc2c(-c2ccc(N(c3ccccc3)c3ccccc3)cc2C)c2ccc(-c3cccc4ccccc34)cc12. The van der Waals surface area contributed by atoms with Crippen LogP contribution in [0, 0.1) is 13.8 Å². The number of hydrogen-bond donors (Lipinski definition) is 0. The molecule has 0 aliphatic carbocycles. The van der Waals surface area contributed by atoms with Gasteiger partial charge in [-0.05, 0) is 161 Å². The predicted molar refractivity (Wildman–Crippen MR) is 262 cm³/mol. The fraction of sp³-hybridized carbons (Fsp3) is 0.0333. The van der Waals surface area contributed by atoms with Crippen molar-refractivity contribution in [1.82, 2.24) is 0 Å². The summed E-state index contributed by atoms with van der Waals surface area (Å²) in [5.41, 5.74) is 15.8. The smallest absolute Gasteiger partial charge is 0.0464 e. The fourth-order valence-corrected chi connectivity index (χ4v) is 9.62. The van der Waals surface area contributed by atoms with E-state index in [9.17, 15) is 0 Å². The Kier molecular flexibility index (Phi) is 9.02. The third kappa shape index (κ3) is 6.34. The van der Waals surface area contributed by atoms with E-state index in [-0.39, 0.29) is 0 Å². The molecular formula is C60H43N. The molecule has 0 bridgehead atoms. The molecule has 0 aliphatic rings. The van der Waals surface area contributed by atoms with Crippen LogP contribution in [0.4, 0.5) is 17.1 Å². The molecule has 0 atom stereocenters. The number of para-hydroxylation sites is 2. The number of rotatable bonds is 7. The van der Waals surface area contributed by atoms with Gasteiger partial charge in [0.2, 0.25) is 0 Å². The van der Waals surface area contributed by atoms with Crippen LogP contribution in [0.25, 0.3) is 87.6 Å². The highest BCUT2D eigenvalue weighted by Gasteiger charge is 2.22. The van der Waals surface area contributed by atoms with E-state index in [1.165, 1.54) is 98.7 Å². The maximum absolute atomic E-state index is 2.46. The molecule has 0 amide bonds. The lowest BCUT2D eigenvalue weighted by Gasteiger charge is -2.27. The van der Waals surface area contributed by atoms with Crippen LogP contribution in [0.2, 0.25) is 0 Å². The van der Waals surface area contributed by atoms with Gasteiger partial charge < -0.3 is 4.90 Å². The molecule has 61 heavy (non-hydrogen) atoms. The number of anilines is 3. The first kappa shape index (κ1) is 36.3. The average molecular weight is 778 g/mol. The zero-order valence-electron chi connectivity index (χ0n) is 34.3. The topological polar surface area (TPSA) is 3.24 Å². The lowest BCUT2D eigenvalue weighted by Crippen LogP contribution is -2.10. The number of aryl methyl sites for hydroxylation is 2. The highest BCUT2D eigenvalue weighted by molar-refractivity contribution is 6.23. The van der Waals surface area contributed by atoms with E-state index in [4.69, 9.17) is 0 Å². The Balaban J connectivity index is 1.23. The monoisotopic (exact) mass is 777 g/mol. The molecule has 0 saturated heterocycles. The van der Waals surface area contributed by atoms with Crippen LogP contribution in [0.5, 0.6) is 0 Å².